The number of para-hydroxylation sites is 1. The Kier molecular flexibility index (Phi) is 6.34. The molecule has 3 aromatic carbocycles. The van der Waals surface area contributed by atoms with Gasteiger partial charge in [0.2, 0.25) is 5.91 Å². The van der Waals surface area contributed by atoms with Crippen LogP contribution in [0.25, 0.3) is 0 Å². The zero-order valence-electron chi connectivity index (χ0n) is 15.3. The first-order valence-corrected chi connectivity index (χ1v) is 9.08. The second kappa shape index (κ2) is 9.10. The first kappa shape index (κ1) is 18.8. The summed E-state index contributed by atoms with van der Waals surface area (Å²) in [5.74, 6) is -0.283. The van der Waals surface area contributed by atoms with Crippen LogP contribution in [0.3, 0.4) is 0 Å². The van der Waals surface area contributed by atoms with Gasteiger partial charge < -0.3 is 4.90 Å². The van der Waals surface area contributed by atoms with Gasteiger partial charge in [0.1, 0.15) is 5.82 Å². The van der Waals surface area contributed by atoms with E-state index in [-0.39, 0.29) is 24.3 Å². The average Bonchev–Trinajstić information content (AvgIpc) is 2.71. The molecule has 0 radical (unpaired) electrons. The quantitative estimate of drug-likeness (QED) is 0.668. The fourth-order valence-corrected chi connectivity index (χ4v) is 3.12. The number of likely N-dealkylation sites (N-methyl/N-ethyl adjacent to an activating group) is 1. The molecule has 138 valence electrons. The van der Waals surface area contributed by atoms with Gasteiger partial charge in [-0.2, -0.15) is 0 Å². The summed E-state index contributed by atoms with van der Waals surface area (Å²) in [7, 11) is 0. The van der Waals surface area contributed by atoms with Crippen molar-refractivity contribution in [2.75, 3.05) is 18.0 Å². The maximum absolute atomic E-state index is 13.3. The van der Waals surface area contributed by atoms with Crippen molar-refractivity contribution < 1.29 is 9.18 Å². The fourth-order valence-electron chi connectivity index (χ4n) is 3.12. The number of nitrogens with one attached hydrogen (secondary N) is 1. The molecule has 0 saturated carbocycles. The fraction of sp³-hybridized carbons (Fsp3) is 0.174. The van der Waals surface area contributed by atoms with E-state index in [2.05, 4.69) is 5.32 Å². The molecule has 3 rings (SSSR count). The molecule has 4 heteroatoms. The molecule has 0 aliphatic rings. The number of amides is 1. The Hall–Kier alpha value is -2.98. The van der Waals surface area contributed by atoms with Gasteiger partial charge in [0, 0.05) is 12.2 Å². The maximum Gasteiger partial charge on any atom is 0.240 e. The second-order valence-electron chi connectivity index (χ2n) is 6.25. The van der Waals surface area contributed by atoms with Crippen molar-refractivity contribution in [3.8, 4) is 0 Å². The lowest BCUT2D eigenvalue weighted by Crippen LogP contribution is -2.39. The summed E-state index contributed by atoms with van der Waals surface area (Å²) in [5, 5.41) is 3.34. The van der Waals surface area contributed by atoms with E-state index in [1.807, 2.05) is 67.6 Å². The molecule has 1 unspecified atom stereocenters. The number of benzene rings is 3. The lowest BCUT2D eigenvalue weighted by Gasteiger charge is -2.24. The number of carbonyl (C=O) groups excluding carboxylic acids is 1. The van der Waals surface area contributed by atoms with Crippen molar-refractivity contribution in [2.45, 2.75) is 13.0 Å². The maximum atomic E-state index is 13.3. The molecule has 0 aromatic heterocycles. The molecule has 0 spiro atoms. The van der Waals surface area contributed by atoms with Crippen molar-refractivity contribution in [2.24, 2.45) is 0 Å². The molecule has 0 fully saturated rings. The Balaban J connectivity index is 1.78. The van der Waals surface area contributed by atoms with Crippen LogP contribution < -0.4 is 10.2 Å². The third-order valence-corrected chi connectivity index (χ3v) is 4.48. The number of halogens is 1. The Bertz CT molecular complexity index is 851. The van der Waals surface area contributed by atoms with Crippen LogP contribution in [0.4, 0.5) is 10.1 Å². The van der Waals surface area contributed by atoms with E-state index in [0.717, 1.165) is 16.8 Å². The first-order chi connectivity index (χ1) is 13.2. The molecule has 3 aromatic rings. The van der Waals surface area contributed by atoms with Crippen LogP contribution in [0.5, 0.6) is 0 Å². The van der Waals surface area contributed by atoms with Crippen LogP contribution in [0.2, 0.25) is 0 Å². The highest BCUT2D eigenvalue weighted by Crippen LogP contribution is 2.22. The number of rotatable bonds is 7. The molecular formula is C23H23FN2O. The summed E-state index contributed by atoms with van der Waals surface area (Å²) in [5.41, 5.74) is 2.82. The van der Waals surface area contributed by atoms with Crippen LogP contribution in [-0.4, -0.2) is 19.0 Å². The molecular weight excluding hydrogens is 339 g/mol. The summed E-state index contributed by atoms with van der Waals surface area (Å²) in [6.07, 6.45) is 0. The summed E-state index contributed by atoms with van der Waals surface area (Å²) in [4.78, 5) is 14.5. The van der Waals surface area contributed by atoms with Crippen molar-refractivity contribution in [3.63, 3.8) is 0 Å². The van der Waals surface area contributed by atoms with Crippen molar-refractivity contribution in [1.82, 2.24) is 5.32 Å². The van der Waals surface area contributed by atoms with E-state index in [9.17, 15) is 9.18 Å². The SMILES string of the molecule is CCN(C(=O)CNC(c1ccccc1)c1ccc(F)cc1)c1ccccc1. The minimum atomic E-state index is -0.275. The van der Waals surface area contributed by atoms with Crippen molar-refractivity contribution >= 4 is 11.6 Å². The van der Waals surface area contributed by atoms with E-state index >= 15 is 0 Å². The molecule has 0 aliphatic heterocycles. The van der Waals surface area contributed by atoms with Gasteiger partial charge in [-0.1, -0.05) is 60.7 Å². The second-order valence-corrected chi connectivity index (χ2v) is 6.25. The summed E-state index contributed by atoms with van der Waals surface area (Å²) >= 11 is 0. The molecule has 1 atom stereocenters. The number of hydrogen-bond donors (Lipinski definition) is 1. The van der Waals surface area contributed by atoms with E-state index in [1.54, 1.807) is 17.0 Å². The topological polar surface area (TPSA) is 32.3 Å². The third kappa shape index (κ3) is 4.80. The minimum absolute atomic E-state index is 0.00765. The average molecular weight is 362 g/mol. The van der Waals surface area contributed by atoms with Crippen LogP contribution in [0.15, 0.2) is 84.9 Å². The van der Waals surface area contributed by atoms with Crippen LogP contribution in [-0.2, 0) is 4.79 Å². The summed E-state index contributed by atoms with van der Waals surface area (Å²) in [6, 6.07) is 25.7. The predicted octanol–water partition coefficient (Wildman–Crippen LogP) is 4.56. The van der Waals surface area contributed by atoms with Crippen LogP contribution in [0, 0.1) is 5.82 Å². The number of anilines is 1. The molecule has 3 nitrogen and oxygen atoms in total. The molecule has 0 bridgehead atoms. The molecule has 27 heavy (non-hydrogen) atoms. The van der Waals surface area contributed by atoms with Gasteiger partial charge in [-0.25, -0.2) is 4.39 Å². The standard InChI is InChI=1S/C23H23FN2O/c1-2-26(21-11-7-4-8-12-21)22(27)17-25-23(18-9-5-3-6-10-18)19-13-15-20(24)16-14-19/h3-16,23,25H,2,17H2,1H3. The number of hydrogen-bond acceptors (Lipinski definition) is 2. The Morgan fingerprint density at radius 2 is 1.44 bits per heavy atom. The Morgan fingerprint density at radius 3 is 2.04 bits per heavy atom. The van der Waals surface area contributed by atoms with Gasteiger partial charge in [0.25, 0.3) is 0 Å². The van der Waals surface area contributed by atoms with E-state index in [0.29, 0.717) is 6.54 Å². The minimum Gasteiger partial charge on any atom is -0.312 e. The van der Waals surface area contributed by atoms with Gasteiger partial charge in [0.05, 0.1) is 12.6 Å². The van der Waals surface area contributed by atoms with Crippen LogP contribution in [0.1, 0.15) is 24.1 Å². The van der Waals surface area contributed by atoms with Gasteiger partial charge in [-0.3, -0.25) is 10.1 Å². The highest BCUT2D eigenvalue weighted by Gasteiger charge is 2.18. The summed E-state index contributed by atoms with van der Waals surface area (Å²) < 4.78 is 13.3. The van der Waals surface area contributed by atoms with E-state index in [1.165, 1.54) is 12.1 Å². The lowest BCUT2D eigenvalue weighted by molar-refractivity contribution is -0.117. The predicted molar refractivity (Wildman–Crippen MR) is 107 cm³/mol. The molecule has 0 heterocycles. The number of nitrogens with zero attached hydrogens (tertiary/aromatic N) is 1. The Morgan fingerprint density at radius 1 is 0.889 bits per heavy atom. The number of carbonyl (C=O) groups is 1. The normalized spacial score (nSPS) is 11.8. The zero-order valence-corrected chi connectivity index (χ0v) is 15.3. The monoisotopic (exact) mass is 362 g/mol. The Labute approximate surface area is 159 Å². The van der Waals surface area contributed by atoms with Crippen molar-refractivity contribution in [1.29, 1.82) is 0 Å². The first-order valence-electron chi connectivity index (χ1n) is 9.08. The highest BCUT2D eigenvalue weighted by molar-refractivity contribution is 5.94. The van der Waals surface area contributed by atoms with Gasteiger partial charge in [-0.15, -0.1) is 0 Å². The van der Waals surface area contributed by atoms with E-state index < -0.39 is 0 Å². The van der Waals surface area contributed by atoms with E-state index in [4.69, 9.17) is 0 Å². The van der Waals surface area contributed by atoms with Gasteiger partial charge in [-0.05, 0) is 42.3 Å². The van der Waals surface area contributed by atoms with Gasteiger partial charge in [0.15, 0.2) is 0 Å². The third-order valence-electron chi connectivity index (χ3n) is 4.48. The molecule has 1 N–H and O–H groups in total. The lowest BCUT2D eigenvalue weighted by atomic mass is 9.98. The van der Waals surface area contributed by atoms with Crippen molar-refractivity contribution in [3.05, 3.63) is 102 Å². The largest absolute Gasteiger partial charge is 0.312 e. The molecule has 0 saturated heterocycles. The molecule has 0 aliphatic carbocycles. The zero-order chi connectivity index (χ0) is 19.1. The van der Waals surface area contributed by atoms with Crippen LogP contribution >= 0.6 is 0 Å². The molecule has 1 amide bonds. The highest BCUT2D eigenvalue weighted by atomic mass is 19.1. The summed E-state index contributed by atoms with van der Waals surface area (Å²) in [6.45, 7) is 2.73. The van der Waals surface area contributed by atoms with Gasteiger partial charge >= 0.3 is 0 Å². The smallest absolute Gasteiger partial charge is 0.240 e.